The highest BCUT2D eigenvalue weighted by molar-refractivity contribution is 6.33. The lowest BCUT2D eigenvalue weighted by atomic mass is 10.1. The predicted octanol–water partition coefficient (Wildman–Crippen LogP) is 4.51. The van der Waals surface area contributed by atoms with Crippen molar-refractivity contribution in [2.75, 3.05) is 36.4 Å². The molecule has 2 amide bonds. The smallest absolute Gasteiger partial charge is 0.255 e. The first-order valence-electron chi connectivity index (χ1n) is 9.98. The molecule has 1 fully saturated rings. The van der Waals surface area contributed by atoms with Gasteiger partial charge in [0.1, 0.15) is 0 Å². The standard InChI is InChI=1S/C23H28ClN3O2/c1-15(2)23(29)27-11-9-26(10-12-27)21-8-6-18(14-20(21)24)25-22(28)19-7-5-16(3)13-17(19)4/h5-8,13-15H,9-12H2,1-4H3,(H,25,28). The number of aryl methyl sites for hydroxylation is 2. The summed E-state index contributed by atoms with van der Waals surface area (Å²) in [6, 6.07) is 11.3. The van der Waals surface area contributed by atoms with Crippen molar-refractivity contribution >= 4 is 34.8 Å². The molecule has 1 heterocycles. The molecule has 0 unspecified atom stereocenters. The Bertz CT molecular complexity index is 918. The van der Waals surface area contributed by atoms with Crippen molar-refractivity contribution in [3.8, 4) is 0 Å². The van der Waals surface area contributed by atoms with E-state index in [0.717, 1.165) is 29.9 Å². The molecular weight excluding hydrogens is 386 g/mol. The lowest BCUT2D eigenvalue weighted by Crippen LogP contribution is -2.50. The van der Waals surface area contributed by atoms with Gasteiger partial charge in [0, 0.05) is 43.3 Å². The highest BCUT2D eigenvalue weighted by Gasteiger charge is 2.24. The largest absolute Gasteiger partial charge is 0.367 e. The van der Waals surface area contributed by atoms with Crippen molar-refractivity contribution in [2.45, 2.75) is 27.7 Å². The van der Waals surface area contributed by atoms with Crippen molar-refractivity contribution in [3.05, 3.63) is 58.1 Å². The van der Waals surface area contributed by atoms with Crippen LogP contribution >= 0.6 is 11.6 Å². The summed E-state index contributed by atoms with van der Waals surface area (Å²) in [5.41, 5.74) is 4.31. The summed E-state index contributed by atoms with van der Waals surface area (Å²) < 4.78 is 0. The third-order valence-corrected chi connectivity index (χ3v) is 5.56. The van der Waals surface area contributed by atoms with Gasteiger partial charge in [0.15, 0.2) is 0 Å². The number of carbonyl (C=O) groups is 2. The van der Waals surface area contributed by atoms with Gasteiger partial charge >= 0.3 is 0 Å². The normalized spacial score (nSPS) is 14.3. The Hall–Kier alpha value is -2.53. The van der Waals surface area contributed by atoms with Gasteiger partial charge in [0.2, 0.25) is 5.91 Å². The lowest BCUT2D eigenvalue weighted by Gasteiger charge is -2.37. The molecule has 5 nitrogen and oxygen atoms in total. The summed E-state index contributed by atoms with van der Waals surface area (Å²) in [5.74, 6) is 0.0672. The number of benzene rings is 2. The maximum atomic E-state index is 12.6. The van der Waals surface area contributed by atoms with E-state index in [9.17, 15) is 9.59 Å². The summed E-state index contributed by atoms with van der Waals surface area (Å²) in [6.07, 6.45) is 0. The van der Waals surface area contributed by atoms with Gasteiger partial charge in [-0.25, -0.2) is 0 Å². The maximum absolute atomic E-state index is 12.6. The molecule has 3 rings (SSSR count). The van der Waals surface area contributed by atoms with Crippen LogP contribution in [0.5, 0.6) is 0 Å². The van der Waals surface area contributed by atoms with Crippen LogP contribution in [0.3, 0.4) is 0 Å². The first-order chi connectivity index (χ1) is 13.8. The lowest BCUT2D eigenvalue weighted by molar-refractivity contribution is -0.134. The van der Waals surface area contributed by atoms with Gasteiger partial charge in [-0.1, -0.05) is 43.1 Å². The highest BCUT2D eigenvalue weighted by atomic mass is 35.5. The van der Waals surface area contributed by atoms with E-state index in [0.29, 0.717) is 29.4 Å². The number of rotatable bonds is 4. The molecule has 0 bridgehead atoms. The quantitative estimate of drug-likeness (QED) is 0.802. The second-order valence-electron chi connectivity index (χ2n) is 7.91. The summed E-state index contributed by atoms with van der Waals surface area (Å²) >= 11 is 6.52. The Morgan fingerprint density at radius 2 is 1.69 bits per heavy atom. The van der Waals surface area contributed by atoms with E-state index in [1.165, 1.54) is 0 Å². The van der Waals surface area contributed by atoms with Crippen molar-refractivity contribution in [1.29, 1.82) is 0 Å². The first kappa shape index (κ1) is 21.2. The van der Waals surface area contributed by atoms with Crippen molar-refractivity contribution in [3.63, 3.8) is 0 Å². The van der Waals surface area contributed by atoms with E-state index in [1.807, 2.05) is 62.9 Å². The zero-order valence-corrected chi connectivity index (χ0v) is 18.2. The van der Waals surface area contributed by atoms with Crippen molar-refractivity contribution in [2.24, 2.45) is 5.92 Å². The fourth-order valence-electron chi connectivity index (χ4n) is 3.64. The van der Waals surface area contributed by atoms with Gasteiger partial charge in [0.05, 0.1) is 10.7 Å². The molecule has 2 aromatic carbocycles. The number of halogens is 1. The molecule has 2 aromatic rings. The SMILES string of the molecule is Cc1ccc(C(=O)Nc2ccc(N3CCN(C(=O)C(C)C)CC3)c(Cl)c2)c(C)c1. The topological polar surface area (TPSA) is 52.7 Å². The van der Waals surface area contributed by atoms with Crippen LogP contribution in [-0.2, 0) is 4.79 Å². The number of anilines is 2. The summed E-state index contributed by atoms with van der Waals surface area (Å²) in [6.45, 7) is 10.7. The molecule has 154 valence electrons. The van der Waals surface area contributed by atoms with Gasteiger partial charge in [-0.05, 0) is 43.7 Å². The third-order valence-electron chi connectivity index (χ3n) is 5.26. The van der Waals surface area contributed by atoms with E-state index in [1.54, 1.807) is 6.07 Å². The second kappa shape index (κ2) is 8.87. The maximum Gasteiger partial charge on any atom is 0.255 e. The fourth-order valence-corrected chi connectivity index (χ4v) is 3.94. The van der Waals surface area contributed by atoms with Crippen LogP contribution in [0.25, 0.3) is 0 Å². The van der Waals surface area contributed by atoms with Gasteiger partial charge in [-0.15, -0.1) is 0 Å². The van der Waals surface area contributed by atoms with Crippen LogP contribution in [-0.4, -0.2) is 42.9 Å². The molecule has 0 aromatic heterocycles. The highest BCUT2D eigenvalue weighted by Crippen LogP contribution is 2.30. The number of nitrogens with zero attached hydrogens (tertiary/aromatic N) is 2. The van der Waals surface area contributed by atoms with Crippen LogP contribution in [0, 0.1) is 19.8 Å². The van der Waals surface area contributed by atoms with Crippen molar-refractivity contribution < 1.29 is 9.59 Å². The predicted molar refractivity (Wildman–Crippen MR) is 119 cm³/mol. The Kier molecular flexibility index (Phi) is 6.48. The van der Waals surface area contributed by atoms with Gasteiger partial charge in [0.25, 0.3) is 5.91 Å². The van der Waals surface area contributed by atoms with E-state index in [4.69, 9.17) is 11.6 Å². The number of hydrogen-bond acceptors (Lipinski definition) is 3. The van der Waals surface area contributed by atoms with Crippen LogP contribution in [0.1, 0.15) is 35.3 Å². The number of amides is 2. The van der Waals surface area contributed by atoms with Crippen LogP contribution in [0.4, 0.5) is 11.4 Å². The molecule has 6 heteroatoms. The molecule has 0 aliphatic carbocycles. The monoisotopic (exact) mass is 413 g/mol. The number of nitrogens with one attached hydrogen (secondary N) is 1. The molecule has 0 atom stereocenters. The fraction of sp³-hybridized carbons (Fsp3) is 0.391. The van der Waals surface area contributed by atoms with E-state index in [2.05, 4.69) is 10.2 Å². The van der Waals surface area contributed by atoms with Gasteiger partial charge in [-0.2, -0.15) is 0 Å². The van der Waals surface area contributed by atoms with Crippen LogP contribution in [0.2, 0.25) is 5.02 Å². The van der Waals surface area contributed by atoms with Crippen molar-refractivity contribution in [1.82, 2.24) is 4.90 Å². The molecule has 1 aliphatic heterocycles. The minimum atomic E-state index is -0.146. The number of piperazine rings is 1. The Labute approximate surface area is 177 Å². The molecule has 1 saturated heterocycles. The first-order valence-corrected chi connectivity index (χ1v) is 10.4. The van der Waals surface area contributed by atoms with Gasteiger partial charge in [-0.3, -0.25) is 9.59 Å². The molecular formula is C23H28ClN3O2. The third kappa shape index (κ3) is 4.91. The van der Waals surface area contributed by atoms with E-state index < -0.39 is 0 Å². The summed E-state index contributed by atoms with van der Waals surface area (Å²) in [5, 5.41) is 3.52. The Morgan fingerprint density at radius 3 is 2.28 bits per heavy atom. The van der Waals surface area contributed by atoms with E-state index in [-0.39, 0.29) is 17.7 Å². The molecule has 0 saturated carbocycles. The minimum Gasteiger partial charge on any atom is -0.367 e. The number of carbonyl (C=O) groups excluding carboxylic acids is 2. The van der Waals surface area contributed by atoms with Crippen LogP contribution in [0.15, 0.2) is 36.4 Å². The Balaban J connectivity index is 1.66. The molecule has 0 spiro atoms. The molecule has 1 N–H and O–H groups in total. The molecule has 29 heavy (non-hydrogen) atoms. The average Bonchev–Trinajstić information content (AvgIpc) is 2.67. The Morgan fingerprint density at radius 1 is 1.00 bits per heavy atom. The number of hydrogen-bond donors (Lipinski definition) is 1. The van der Waals surface area contributed by atoms with Gasteiger partial charge < -0.3 is 15.1 Å². The molecule has 0 radical (unpaired) electrons. The average molecular weight is 414 g/mol. The minimum absolute atomic E-state index is 0.0187. The zero-order chi connectivity index (χ0) is 21.1. The van der Waals surface area contributed by atoms with E-state index >= 15 is 0 Å². The zero-order valence-electron chi connectivity index (χ0n) is 17.5. The molecule has 1 aliphatic rings. The summed E-state index contributed by atoms with van der Waals surface area (Å²) in [4.78, 5) is 28.8. The van der Waals surface area contributed by atoms with Crippen LogP contribution < -0.4 is 10.2 Å². The second-order valence-corrected chi connectivity index (χ2v) is 8.31. The summed E-state index contributed by atoms with van der Waals surface area (Å²) in [7, 11) is 0.